The quantitative estimate of drug-likeness (QED) is 0.341. The van der Waals surface area contributed by atoms with Gasteiger partial charge in [0, 0.05) is 15.1 Å². The van der Waals surface area contributed by atoms with Crippen LogP contribution in [0.3, 0.4) is 0 Å². The first-order valence-corrected chi connectivity index (χ1v) is 9.82. The van der Waals surface area contributed by atoms with Gasteiger partial charge in [0.1, 0.15) is 11.3 Å². The fraction of sp³-hybridized carbons (Fsp3) is 0.0500. The molecule has 1 amide bonds. The highest BCUT2D eigenvalue weighted by molar-refractivity contribution is 9.10. The van der Waals surface area contributed by atoms with E-state index in [-0.39, 0.29) is 33.4 Å². The van der Waals surface area contributed by atoms with Crippen LogP contribution in [0.25, 0.3) is 16.9 Å². The van der Waals surface area contributed by atoms with E-state index in [2.05, 4.69) is 31.3 Å². The van der Waals surface area contributed by atoms with Crippen molar-refractivity contribution in [3.8, 4) is 17.0 Å². The standard InChI is InChI=1S/C20H11BrClF3N4O2/c21-11-3-1-10(2-4-11)14-8-17(20(23,24)25)29-18(27-14)13(9-26-29)19(31)28-15-7-12(22)5-6-16(15)30/h1-9,30H,(H,28,31). The van der Waals surface area contributed by atoms with Gasteiger partial charge in [-0.25, -0.2) is 9.50 Å². The summed E-state index contributed by atoms with van der Waals surface area (Å²) >= 11 is 9.14. The van der Waals surface area contributed by atoms with Gasteiger partial charge in [0.05, 0.1) is 17.6 Å². The molecule has 6 nitrogen and oxygen atoms in total. The molecule has 2 heterocycles. The van der Waals surface area contributed by atoms with Crippen molar-refractivity contribution in [1.29, 1.82) is 0 Å². The average Bonchev–Trinajstić information content (AvgIpc) is 3.14. The Morgan fingerprint density at radius 1 is 1.13 bits per heavy atom. The summed E-state index contributed by atoms with van der Waals surface area (Å²) in [5.74, 6) is -1.06. The van der Waals surface area contributed by atoms with Crippen LogP contribution < -0.4 is 5.32 Å². The van der Waals surface area contributed by atoms with Crippen molar-refractivity contribution in [1.82, 2.24) is 14.6 Å². The van der Waals surface area contributed by atoms with E-state index >= 15 is 0 Å². The Labute approximate surface area is 186 Å². The number of carbonyl (C=O) groups is 1. The molecule has 2 aromatic carbocycles. The van der Waals surface area contributed by atoms with Gasteiger partial charge in [0.15, 0.2) is 11.3 Å². The van der Waals surface area contributed by atoms with Crippen molar-refractivity contribution in [3.63, 3.8) is 0 Å². The molecular formula is C20H11BrClF3N4O2. The van der Waals surface area contributed by atoms with E-state index < -0.39 is 17.8 Å². The van der Waals surface area contributed by atoms with Crippen LogP contribution in [0.5, 0.6) is 5.75 Å². The zero-order valence-electron chi connectivity index (χ0n) is 15.3. The number of alkyl halides is 3. The van der Waals surface area contributed by atoms with E-state index in [0.717, 1.165) is 16.7 Å². The number of carbonyl (C=O) groups excluding carboxylic acids is 1. The Morgan fingerprint density at radius 2 is 1.84 bits per heavy atom. The molecule has 11 heteroatoms. The fourth-order valence-corrected chi connectivity index (χ4v) is 3.33. The van der Waals surface area contributed by atoms with Crippen molar-refractivity contribution in [3.05, 3.63) is 75.5 Å². The number of anilines is 1. The van der Waals surface area contributed by atoms with Crippen LogP contribution in [0.4, 0.5) is 18.9 Å². The number of nitrogens with one attached hydrogen (secondary N) is 1. The molecule has 0 saturated carbocycles. The minimum absolute atomic E-state index is 0.00282. The fourth-order valence-electron chi connectivity index (χ4n) is 2.89. The second-order valence-corrected chi connectivity index (χ2v) is 7.79. The van der Waals surface area contributed by atoms with Gasteiger partial charge in [-0.2, -0.15) is 18.3 Å². The Morgan fingerprint density at radius 3 is 2.52 bits per heavy atom. The van der Waals surface area contributed by atoms with Crippen LogP contribution in [-0.2, 0) is 6.18 Å². The molecule has 0 aliphatic heterocycles. The molecule has 4 aromatic rings. The van der Waals surface area contributed by atoms with E-state index in [4.69, 9.17) is 11.6 Å². The molecule has 0 aliphatic carbocycles. The third kappa shape index (κ3) is 4.21. The number of amides is 1. The average molecular weight is 512 g/mol. The van der Waals surface area contributed by atoms with E-state index in [1.165, 1.54) is 18.2 Å². The molecule has 4 rings (SSSR count). The highest BCUT2D eigenvalue weighted by Gasteiger charge is 2.36. The molecule has 0 bridgehead atoms. The lowest BCUT2D eigenvalue weighted by molar-refractivity contribution is -0.142. The number of halogens is 5. The van der Waals surface area contributed by atoms with E-state index in [0.29, 0.717) is 10.1 Å². The third-order valence-electron chi connectivity index (χ3n) is 4.35. The first-order valence-electron chi connectivity index (χ1n) is 8.65. The van der Waals surface area contributed by atoms with Crippen molar-refractivity contribution in [2.75, 3.05) is 5.32 Å². The molecule has 0 spiro atoms. The molecular weight excluding hydrogens is 501 g/mol. The van der Waals surface area contributed by atoms with Crippen LogP contribution in [0.1, 0.15) is 16.1 Å². The number of benzene rings is 2. The number of rotatable bonds is 3. The van der Waals surface area contributed by atoms with Gasteiger partial charge in [-0.05, 0) is 36.4 Å². The molecule has 31 heavy (non-hydrogen) atoms. The molecule has 0 radical (unpaired) electrons. The predicted octanol–water partition coefficient (Wildman–Crippen LogP) is 5.79. The van der Waals surface area contributed by atoms with Gasteiger partial charge in [-0.15, -0.1) is 0 Å². The van der Waals surface area contributed by atoms with Gasteiger partial charge in [0.25, 0.3) is 5.91 Å². The summed E-state index contributed by atoms with van der Waals surface area (Å²) < 4.78 is 42.4. The highest BCUT2D eigenvalue weighted by atomic mass is 79.9. The summed E-state index contributed by atoms with van der Waals surface area (Å²) in [5.41, 5.74) is -1.13. The van der Waals surface area contributed by atoms with Gasteiger partial charge in [-0.3, -0.25) is 4.79 Å². The normalized spacial score (nSPS) is 11.6. The zero-order valence-corrected chi connectivity index (χ0v) is 17.6. The maximum Gasteiger partial charge on any atom is 0.433 e. The lowest BCUT2D eigenvalue weighted by atomic mass is 10.1. The second-order valence-electron chi connectivity index (χ2n) is 6.44. The third-order valence-corrected chi connectivity index (χ3v) is 5.12. The van der Waals surface area contributed by atoms with Gasteiger partial charge >= 0.3 is 6.18 Å². The minimum atomic E-state index is -4.74. The van der Waals surface area contributed by atoms with Crippen LogP contribution in [-0.4, -0.2) is 25.6 Å². The number of fused-ring (bicyclic) bond motifs is 1. The molecule has 0 fully saturated rings. The first kappa shape index (κ1) is 21.1. The summed E-state index contributed by atoms with van der Waals surface area (Å²) in [4.78, 5) is 17.0. The monoisotopic (exact) mass is 510 g/mol. The molecule has 2 aromatic heterocycles. The maximum absolute atomic E-state index is 13.7. The van der Waals surface area contributed by atoms with Crippen LogP contribution in [0.15, 0.2) is 59.2 Å². The number of nitrogens with zero attached hydrogens (tertiary/aromatic N) is 3. The molecule has 0 unspecified atom stereocenters. The molecule has 0 aliphatic rings. The van der Waals surface area contributed by atoms with E-state index in [9.17, 15) is 23.1 Å². The van der Waals surface area contributed by atoms with Crippen LogP contribution in [0, 0.1) is 0 Å². The molecule has 2 N–H and O–H groups in total. The largest absolute Gasteiger partial charge is 0.506 e. The van der Waals surface area contributed by atoms with Gasteiger partial charge < -0.3 is 10.4 Å². The smallest absolute Gasteiger partial charge is 0.433 e. The maximum atomic E-state index is 13.7. The zero-order chi connectivity index (χ0) is 22.3. The number of phenols is 1. The van der Waals surface area contributed by atoms with Crippen LogP contribution >= 0.6 is 27.5 Å². The SMILES string of the molecule is O=C(Nc1cc(Cl)ccc1O)c1cnn2c(C(F)(F)F)cc(-c3ccc(Br)cc3)nc12. The van der Waals surface area contributed by atoms with E-state index in [1.54, 1.807) is 24.3 Å². The Bertz CT molecular complexity index is 1310. The van der Waals surface area contributed by atoms with Crippen molar-refractivity contribution in [2.45, 2.75) is 6.18 Å². The number of hydrogen-bond donors (Lipinski definition) is 2. The van der Waals surface area contributed by atoms with Crippen LogP contribution in [0.2, 0.25) is 5.02 Å². The van der Waals surface area contributed by atoms with E-state index in [1.807, 2.05) is 0 Å². The van der Waals surface area contributed by atoms with Gasteiger partial charge in [-0.1, -0.05) is 39.7 Å². The molecule has 0 atom stereocenters. The number of aromatic hydroxyl groups is 1. The van der Waals surface area contributed by atoms with Gasteiger partial charge in [0.2, 0.25) is 0 Å². The van der Waals surface area contributed by atoms with Crippen molar-refractivity contribution >= 4 is 44.8 Å². The molecule has 158 valence electrons. The van der Waals surface area contributed by atoms with Crippen molar-refractivity contribution < 1.29 is 23.1 Å². The first-order chi connectivity index (χ1) is 14.6. The molecule has 0 saturated heterocycles. The summed E-state index contributed by atoms with van der Waals surface area (Å²) in [6.07, 6.45) is -3.75. The highest BCUT2D eigenvalue weighted by Crippen LogP contribution is 2.33. The Hall–Kier alpha value is -3.11. The Balaban J connectivity index is 1.85. The number of phenolic OH excluding ortho intramolecular Hbond substituents is 1. The lowest BCUT2D eigenvalue weighted by Crippen LogP contribution is -2.16. The minimum Gasteiger partial charge on any atom is -0.506 e. The summed E-state index contributed by atoms with van der Waals surface area (Å²) in [6.45, 7) is 0. The predicted molar refractivity (Wildman–Crippen MR) is 112 cm³/mol. The number of hydrogen-bond acceptors (Lipinski definition) is 4. The lowest BCUT2D eigenvalue weighted by Gasteiger charge is -2.12. The van der Waals surface area contributed by atoms with Crippen molar-refractivity contribution in [2.24, 2.45) is 0 Å². The Kier molecular flexibility index (Phi) is 5.36. The summed E-state index contributed by atoms with van der Waals surface area (Å²) in [5, 5.41) is 16.3. The topological polar surface area (TPSA) is 79.5 Å². The number of aromatic nitrogens is 3. The summed E-state index contributed by atoms with van der Waals surface area (Å²) in [6, 6.07) is 11.4. The second kappa shape index (κ2) is 7.86. The summed E-state index contributed by atoms with van der Waals surface area (Å²) in [7, 11) is 0.